The minimum absolute atomic E-state index is 0.176. The lowest BCUT2D eigenvalue weighted by molar-refractivity contribution is -0.152. The molecule has 0 bridgehead atoms. The van der Waals surface area contributed by atoms with Crippen molar-refractivity contribution in [3.05, 3.63) is 29.8 Å². The van der Waals surface area contributed by atoms with Crippen LogP contribution in [0.5, 0.6) is 5.75 Å². The number of rotatable bonds is 7. The zero-order valence-corrected chi connectivity index (χ0v) is 23.9. The Hall–Kier alpha value is -1.02. The summed E-state index contributed by atoms with van der Waals surface area (Å²) < 4.78 is 0. The summed E-state index contributed by atoms with van der Waals surface area (Å²) in [6.07, 6.45) is 15.7. The molecule has 0 aromatic heterocycles. The molecule has 5 rings (SSSR count). The average Bonchev–Trinajstić information content (AvgIpc) is 3.19. The molecule has 4 fully saturated rings. The van der Waals surface area contributed by atoms with Crippen LogP contribution in [0.3, 0.4) is 0 Å². The Kier molecular flexibility index (Phi) is 7.59. The first-order chi connectivity index (χ1) is 17.1. The molecule has 36 heavy (non-hydrogen) atoms. The fourth-order valence-electron chi connectivity index (χ4n) is 10.7. The minimum atomic E-state index is -0.176. The van der Waals surface area contributed by atoms with Gasteiger partial charge < -0.3 is 10.2 Å². The van der Waals surface area contributed by atoms with Crippen molar-refractivity contribution in [1.29, 1.82) is 0 Å². The predicted octanol–water partition coefficient (Wildman–Crippen LogP) is 8.64. The summed E-state index contributed by atoms with van der Waals surface area (Å²) >= 11 is 0. The van der Waals surface area contributed by atoms with Crippen molar-refractivity contribution in [1.82, 2.24) is 0 Å². The van der Waals surface area contributed by atoms with Gasteiger partial charge in [0.15, 0.2) is 0 Å². The van der Waals surface area contributed by atoms with E-state index in [1.165, 1.54) is 69.8 Å². The molecule has 4 saturated carbocycles. The topological polar surface area (TPSA) is 40.5 Å². The lowest BCUT2D eigenvalue weighted by atomic mass is 9.42. The van der Waals surface area contributed by atoms with Gasteiger partial charge in [-0.2, -0.15) is 0 Å². The molecule has 0 heterocycles. The van der Waals surface area contributed by atoms with E-state index in [1.807, 2.05) is 12.1 Å². The number of phenols is 1. The molecule has 0 radical (unpaired) electrons. The van der Waals surface area contributed by atoms with Crippen LogP contribution in [0.2, 0.25) is 0 Å². The SMILES string of the molecule is CC(C)CCC[C@@H](C)[C@H]1CC[C@H]2[C@@H]3CCC4[C@H](Cc5ccc(O)cc5)[C@H](O)CC[C@]4(C)[C@H]3CC[C@]12C. The van der Waals surface area contributed by atoms with Crippen molar-refractivity contribution in [2.24, 2.45) is 58.2 Å². The van der Waals surface area contributed by atoms with Gasteiger partial charge in [0, 0.05) is 0 Å². The van der Waals surface area contributed by atoms with Crippen LogP contribution in [0, 0.1) is 58.2 Å². The van der Waals surface area contributed by atoms with Crippen LogP contribution in [0.15, 0.2) is 24.3 Å². The van der Waals surface area contributed by atoms with Gasteiger partial charge in [0.2, 0.25) is 0 Å². The van der Waals surface area contributed by atoms with Crippen molar-refractivity contribution in [3.63, 3.8) is 0 Å². The molecule has 4 aliphatic carbocycles. The summed E-state index contributed by atoms with van der Waals surface area (Å²) in [6, 6.07) is 7.74. The standard InChI is InChI=1S/C34H54O2/c1-22(2)7-6-8-23(3)28-15-16-29-26-13-14-30-27(21-24-9-11-25(35)12-10-24)32(36)18-20-34(30,5)31(26)17-19-33(28,29)4/h9-12,22-23,26-32,35-36H,6-8,13-21H2,1-5H3/t23-,26+,27+,28-,29+,30?,31+,32-,33-,34+/m1/s1. The highest BCUT2D eigenvalue weighted by molar-refractivity contribution is 5.26. The third-order valence-corrected chi connectivity index (χ3v) is 12.5. The van der Waals surface area contributed by atoms with Crippen LogP contribution in [0.4, 0.5) is 0 Å². The minimum Gasteiger partial charge on any atom is -0.508 e. The van der Waals surface area contributed by atoms with Gasteiger partial charge in [-0.1, -0.05) is 66.0 Å². The molecule has 10 atom stereocenters. The van der Waals surface area contributed by atoms with Crippen molar-refractivity contribution in [3.8, 4) is 5.75 Å². The predicted molar refractivity (Wildman–Crippen MR) is 150 cm³/mol. The molecule has 0 spiro atoms. The number of hydrogen-bond donors (Lipinski definition) is 2. The molecule has 1 aromatic carbocycles. The maximum absolute atomic E-state index is 11.2. The average molecular weight is 495 g/mol. The van der Waals surface area contributed by atoms with E-state index in [0.29, 0.717) is 28.4 Å². The van der Waals surface area contributed by atoms with Crippen LogP contribution in [-0.4, -0.2) is 16.3 Å². The first-order valence-corrected chi connectivity index (χ1v) is 15.6. The van der Waals surface area contributed by atoms with Crippen molar-refractivity contribution < 1.29 is 10.2 Å². The fraction of sp³-hybridized carbons (Fsp3) is 0.824. The summed E-state index contributed by atoms with van der Waals surface area (Å²) in [5.74, 6) is 6.64. The summed E-state index contributed by atoms with van der Waals surface area (Å²) in [6.45, 7) is 12.7. The zero-order valence-electron chi connectivity index (χ0n) is 23.9. The van der Waals surface area contributed by atoms with Gasteiger partial charge in [-0.25, -0.2) is 0 Å². The normalized spacial score (nSPS) is 43.0. The smallest absolute Gasteiger partial charge is 0.115 e. The summed E-state index contributed by atoms with van der Waals surface area (Å²) in [7, 11) is 0. The molecule has 0 aliphatic heterocycles. The summed E-state index contributed by atoms with van der Waals surface area (Å²) in [5.41, 5.74) is 2.21. The Labute approximate surface area is 221 Å². The Bertz CT molecular complexity index is 876. The number of aliphatic hydroxyl groups excluding tert-OH is 1. The van der Waals surface area contributed by atoms with Gasteiger partial charge >= 0.3 is 0 Å². The molecule has 1 aromatic rings. The second kappa shape index (κ2) is 10.3. The Morgan fingerprint density at radius 2 is 1.47 bits per heavy atom. The lowest BCUT2D eigenvalue weighted by Crippen LogP contribution is -2.57. The first-order valence-electron chi connectivity index (χ1n) is 15.6. The number of hydrogen-bond acceptors (Lipinski definition) is 2. The number of aromatic hydroxyl groups is 1. The van der Waals surface area contributed by atoms with Gasteiger partial charge in [-0.15, -0.1) is 0 Å². The zero-order chi connectivity index (χ0) is 25.7. The maximum Gasteiger partial charge on any atom is 0.115 e. The van der Waals surface area contributed by atoms with Crippen LogP contribution in [0.1, 0.15) is 111 Å². The highest BCUT2D eigenvalue weighted by Crippen LogP contribution is 2.69. The quantitative estimate of drug-likeness (QED) is 0.398. The van der Waals surface area contributed by atoms with E-state index in [0.717, 1.165) is 48.3 Å². The molecule has 202 valence electrons. The maximum atomic E-state index is 11.2. The number of aliphatic hydroxyl groups is 1. The number of fused-ring (bicyclic) bond motifs is 5. The molecule has 2 heteroatoms. The monoisotopic (exact) mass is 494 g/mol. The summed E-state index contributed by atoms with van der Waals surface area (Å²) in [5, 5.41) is 20.9. The molecule has 1 unspecified atom stereocenters. The van der Waals surface area contributed by atoms with Crippen LogP contribution < -0.4 is 0 Å². The van der Waals surface area contributed by atoms with Crippen LogP contribution >= 0.6 is 0 Å². The molecule has 4 aliphatic rings. The molecular weight excluding hydrogens is 440 g/mol. The molecule has 0 saturated heterocycles. The van der Waals surface area contributed by atoms with E-state index in [1.54, 1.807) is 0 Å². The van der Waals surface area contributed by atoms with Crippen LogP contribution in [0.25, 0.3) is 0 Å². The molecule has 0 amide bonds. The Balaban J connectivity index is 1.31. The van der Waals surface area contributed by atoms with Gasteiger partial charge in [0.25, 0.3) is 0 Å². The highest BCUT2D eigenvalue weighted by Gasteiger charge is 2.61. The molecular formula is C34H54O2. The fourth-order valence-corrected chi connectivity index (χ4v) is 10.7. The van der Waals surface area contributed by atoms with Crippen molar-refractivity contribution in [2.45, 2.75) is 118 Å². The van der Waals surface area contributed by atoms with E-state index < -0.39 is 0 Å². The summed E-state index contributed by atoms with van der Waals surface area (Å²) in [4.78, 5) is 0. The Morgan fingerprint density at radius 3 is 2.19 bits per heavy atom. The third kappa shape index (κ3) is 4.67. The lowest BCUT2D eigenvalue weighted by Gasteiger charge is -2.63. The highest BCUT2D eigenvalue weighted by atomic mass is 16.3. The van der Waals surface area contributed by atoms with E-state index in [-0.39, 0.29) is 6.10 Å². The first kappa shape index (κ1) is 26.6. The second-order valence-electron chi connectivity index (χ2n) is 14.7. The Morgan fingerprint density at radius 1 is 0.806 bits per heavy atom. The molecule has 2 N–H and O–H groups in total. The van der Waals surface area contributed by atoms with Crippen molar-refractivity contribution in [2.75, 3.05) is 0 Å². The largest absolute Gasteiger partial charge is 0.508 e. The third-order valence-electron chi connectivity index (χ3n) is 12.5. The van der Waals surface area contributed by atoms with Gasteiger partial charge in [0.05, 0.1) is 6.10 Å². The van der Waals surface area contributed by atoms with E-state index in [2.05, 4.69) is 46.8 Å². The van der Waals surface area contributed by atoms with Gasteiger partial charge in [-0.3, -0.25) is 0 Å². The van der Waals surface area contributed by atoms with E-state index in [4.69, 9.17) is 0 Å². The van der Waals surface area contributed by atoms with E-state index in [9.17, 15) is 10.2 Å². The second-order valence-corrected chi connectivity index (χ2v) is 14.7. The van der Waals surface area contributed by atoms with Gasteiger partial charge in [0.1, 0.15) is 5.75 Å². The van der Waals surface area contributed by atoms with E-state index >= 15 is 0 Å². The van der Waals surface area contributed by atoms with Gasteiger partial charge in [-0.05, 0) is 134 Å². The van der Waals surface area contributed by atoms with Crippen molar-refractivity contribution >= 4 is 0 Å². The van der Waals surface area contributed by atoms with Crippen LogP contribution in [-0.2, 0) is 6.42 Å². The number of benzene rings is 1. The number of phenolic OH excluding ortho intramolecular Hbond substituents is 1. The molecule has 2 nitrogen and oxygen atoms in total.